The van der Waals surface area contributed by atoms with Crippen LogP contribution in [-0.4, -0.2) is 30.3 Å². The minimum Gasteiger partial charge on any atom is -0.387 e. The van der Waals surface area contributed by atoms with Crippen LogP contribution in [0.5, 0.6) is 0 Å². The average Bonchev–Trinajstić information content (AvgIpc) is 2.44. The molecule has 19 heavy (non-hydrogen) atoms. The van der Waals surface area contributed by atoms with Crippen LogP contribution in [0.25, 0.3) is 10.8 Å². The highest BCUT2D eigenvalue weighted by Gasteiger charge is 2.22. The molecule has 0 aromatic heterocycles. The molecule has 102 valence electrons. The maximum Gasteiger partial charge on any atom is 0.0915 e. The van der Waals surface area contributed by atoms with Crippen molar-refractivity contribution in [3.63, 3.8) is 0 Å². The molecule has 2 rings (SSSR count). The minimum atomic E-state index is -0.868. The minimum absolute atomic E-state index is 0.258. The molecular weight excluding hydrogens is 236 g/mol. The largest absolute Gasteiger partial charge is 0.387 e. The van der Waals surface area contributed by atoms with Crippen molar-refractivity contribution < 1.29 is 5.11 Å². The van der Waals surface area contributed by atoms with Gasteiger partial charge in [-0.2, -0.15) is 0 Å². The molecule has 0 saturated carbocycles. The van der Waals surface area contributed by atoms with E-state index in [1.165, 1.54) is 10.8 Å². The van der Waals surface area contributed by atoms with Crippen molar-refractivity contribution in [3.05, 3.63) is 42.5 Å². The van der Waals surface area contributed by atoms with Gasteiger partial charge in [-0.3, -0.25) is 0 Å². The van der Waals surface area contributed by atoms with Crippen LogP contribution in [0.1, 0.15) is 13.8 Å². The lowest BCUT2D eigenvalue weighted by Crippen LogP contribution is -2.46. The number of fused-ring (bicyclic) bond motifs is 1. The lowest BCUT2D eigenvalue weighted by atomic mass is 10.0. The normalized spacial score (nSPS) is 14.3. The molecule has 0 spiro atoms. The molecule has 2 aromatic rings. The highest BCUT2D eigenvalue weighted by molar-refractivity contribution is 5.94. The number of hydrogen-bond donors (Lipinski definition) is 2. The topological polar surface area (TPSA) is 49.5 Å². The number of hydrogen-bond acceptors (Lipinski definition) is 3. The molecule has 0 radical (unpaired) electrons. The van der Waals surface area contributed by atoms with Gasteiger partial charge in [0, 0.05) is 30.7 Å². The van der Waals surface area contributed by atoms with Gasteiger partial charge < -0.3 is 15.7 Å². The van der Waals surface area contributed by atoms with E-state index in [0.717, 1.165) is 12.2 Å². The summed E-state index contributed by atoms with van der Waals surface area (Å²) >= 11 is 0. The summed E-state index contributed by atoms with van der Waals surface area (Å²) in [6.07, 6.45) is 0. The van der Waals surface area contributed by atoms with Crippen molar-refractivity contribution in [3.8, 4) is 0 Å². The van der Waals surface area contributed by atoms with Gasteiger partial charge in [0.15, 0.2) is 0 Å². The van der Waals surface area contributed by atoms with Crippen molar-refractivity contribution in [2.24, 2.45) is 5.73 Å². The Hall–Kier alpha value is -1.58. The van der Waals surface area contributed by atoms with Crippen molar-refractivity contribution in [2.75, 3.05) is 24.5 Å². The molecule has 3 nitrogen and oxygen atoms in total. The highest BCUT2D eigenvalue weighted by Crippen LogP contribution is 2.27. The smallest absolute Gasteiger partial charge is 0.0915 e. The maximum atomic E-state index is 10.2. The summed E-state index contributed by atoms with van der Waals surface area (Å²) in [5.41, 5.74) is 5.90. The van der Waals surface area contributed by atoms with Gasteiger partial charge in [0.2, 0.25) is 0 Å². The van der Waals surface area contributed by atoms with Gasteiger partial charge in [-0.05, 0) is 25.3 Å². The zero-order chi connectivity index (χ0) is 13.9. The van der Waals surface area contributed by atoms with E-state index in [1.807, 2.05) is 12.1 Å². The quantitative estimate of drug-likeness (QED) is 0.865. The molecular formula is C16H22N2O. The fraction of sp³-hybridized carbons (Fsp3) is 0.375. The predicted octanol–water partition coefficient (Wildman–Crippen LogP) is 2.38. The molecule has 0 aliphatic heterocycles. The van der Waals surface area contributed by atoms with Crippen molar-refractivity contribution in [1.82, 2.24) is 0 Å². The summed E-state index contributed by atoms with van der Waals surface area (Å²) in [5, 5.41) is 12.6. The van der Waals surface area contributed by atoms with E-state index in [9.17, 15) is 5.11 Å². The number of nitrogens with two attached hydrogens (primary N) is 1. The SMILES string of the molecule is CCN(CC(C)(O)CN)c1cccc2ccccc12. The Morgan fingerprint density at radius 3 is 2.53 bits per heavy atom. The molecule has 0 heterocycles. The van der Waals surface area contributed by atoms with Crippen molar-refractivity contribution >= 4 is 16.5 Å². The fourth-order valence-corrected chi connectivity index (χ4v) is 2.33. The van der Waals surface area contributed by atoms with Crippen LogP contribution in [-0.2, 0) is 0 Å². The number of nitrogens with zero attached hydrogens (tertiary/aromatic N) is 1. The molecule has 0 fully saturated rings. The summed E-state index contributed by atoms with van der Waals surface area (Å²) in [4.78, 5) is 2.18. The third kappa shape index (κ3) is 3.06. The molecule has 1 unspecified atom stereocenters. The second-order valence-electron chi connectivity index (χ2n) is 5.21. The van der Waals surface area contributed by atoms with Crippen LogP contribution in [0.15, 0.2) is 42.5 Å². The first-order chi connectivity index (χ1) is 9.07. The van der Waals surface area contributed by atoms with Crippen LogP contribution in [0.2, 0.25) is 0 Å². The molecule has 0 bridgehead atoms. The fourth-order valence-electron chi connectivity index (χ4n) is 2.33. The first kappa shape index (κ1) is 13.8. The van der Waals surface area contributed by atoms with E-state index < -0.39 is 5.60 Å². The first-order valence-corrected chi connectivity index (χ1v) is 6.72. The Kier molecular flexibility index (Phi) is 4.08. The second-order valence-corrected chi connectivity index (χ2v) is 5.21. The Morgan fingerprint density at radius 1 is 1.16 bits per heavy atom. The van der Waals surface area contributed by atoms with Crippen LogP contribution < -0.4 is 10.6 Å². The van der Waals surface area contributed by atoms with E-state index >= 15 is 0 Å². The predicted molar refractivity (Wildman–Crippen MR) is 81.5 cm³/mol. The first-order valence-electron chi connectivity index (χ1n) is 6.72. The molecule has 0 aliphatic carbocycles. The van der Waals surface area contributed by atoms with Gasteiger partial charge in [0.1, 0.15) is 0 Å². The molecule has 1 atom stereocenters. The zero-order valence-corrected chi connectivity index (χ0v) is 11.6. The van der Waals surface area contributed by atoms with Crippen LogP contribution in [0.3, 0.4) is 0 Å². The lowest BCUT2D eigenvalue weighted by molar-refractivity contribution is 0.0763. The molecule has 3 N–H and O–H groups in total. The summed E-state index contributed by atoms with van der Waals surface area (Å²) in [6, 6.07) is 14.6. The van der Waals surface area contributed by atoms with Gasteiger partial charge in [-0.1, -0.05) is 36.4 Å². The highest BCUT2D eigenvalue weighted by atomic mass is 16.3. The molecule has 3 heteroatoms. The Bertz CT molecular complexity index is 546. The molecule has 2 aromatic carbocycles. The average molecular weight is 258 g/mol. The Labute approximate surface area is 114 Å². The van der Waals surface area contributed by atoms with Crippen LogP contribution in [0, 0.1) is 0 Å². The van der Waals surface area contributed by atoms with E-state index in [4.69, 9.17) is 5.73 Å². The van der Waals surface area contributed by atoms with Gasteiger partial charge in [-0.25, -0.2) is 0 Å². The summed E-state index contributed by atoms with van der Waals surface area (Å²) in [6.45, 7) is 5.50. The summed E-state index contributed by atoms with van der Waals surface area (Å²) < 4.78 is 0. The van der Waals surface area contributed by atoms with Gasteiger partial charge in [0.05, 0.1) is 5.60 Å². The summed E-state index contributed by atoms with van der Waals surface area (Å²) in [5.74, 6) is 0. The van der Waals surface area contributed by atoms with Gasteiger partial charge in [-0.15, -0.1) is 0 Å². The third-order valence-corrected chi connectivity index (χ3v) is 3.46. The third-order valence-electron chi connectivity index (χ3n) is 3.46. The number of anilines is 1. The van der Waals surface area contributed by atoms with Crippen molar-refractivity contribution in [1.29, 1.82) is 0 Å². The second kappa shape index (κ2) is 5.59. The number of rotatable bonds is 5. The van der Waals surface area contributed by atoms with Gasteiger partial charge >= 0.3 is 0 Å². The summed E-state index contributed by atoms with van der Waals surface area (Å²) in [7, 11) is 0. The number of aliphatic hydroxyl groups is 1. The van der Waals surface area contributed by atoms with E-state index in [-0.39, 0.29) is 6.54 Å². The van der Waals surface area contributed by atoms with Crippen LogP contribution >= 0.6 is 0 Å². The maximum absolute atomic E-state index is 10.2. The monoisotopic (exact) mass is 258 g/mol. The molecule has 0 aliphatic rings. The Morgan fingerprint density at radius 2 is 1.84 bits per heavy atom. The van der Waals surface area contributed by atoms with Gasteiger partial charge in [0.25, 0.3) is 0 Å². The molecule has 0 amide bonds. The molecule has 0 saturated heterocycles. The Balaban J connectivity index is 2.41. The standard InChI is InChI=1S/C16H22N2O/c1-3-18(12-16(2,19)11-17)15-10-6-8-13-7-4-5-9-14(13)15/h4-10,19H,3,11-12,17H2,1-2H3. The van der Waals surface area contributed by atoms with E-state index in [1.54, 1.807) is 6.92 Å². The number of benzene rings is 2. The lowest BCUT2D eigenvalue weighted by Gasteiger charge is -2.32. The van der Waals surface area contributed by atoms with E-state index in [2.05, 4.69) is 42.2 Å². The van der Waals surface area contributed by atoms with Crippen molar-refractivity contribution in [2.45, 2.75) is 19.4 Å². The zero-order valence-electron chi connectivity index (χ0n) is 11.6. The van der Waals surface area contributed by atoms with E-state index in [0.29, 0.717) is 6.54 Å². The van der Waals surface area contributed by atoms with Crippen LogP contribution in [0.4, 0.5) is 5.69 Å². The number of likely N-dealkylation sites (N-methyl/N-ethyl adjacent to an activating group) is 1.